The third kappa shape index (κ3) is 10.5. The fourth-order valence-electron chi connectivity index (χ4n) is 3.49. The van der Waals surface area contributed by atoms with Crippen LogP contribution in [0.1, 0.15) is 67.2 Å². The van der Waals surface area contributed by atoms with Crippen molar-refractivity contribution in [1.29, 1.82) is 0 Å². The highest BCUT2D eigenvalue weighted by molar-refractivity contribution is 5.68. The molecule has 2 saturated heterocycles. The molecule has 8 heteroatoms. The van der Waals surface area contributed by atoms with Crippen molar-refractivity contribution in [3.63, 3.8) is 0 Å². The number of ether oxygens (including phenoxy) is 2. The molecule has 0 saturated carbocycles. The van der Waals surface area contributed by atoms with Crippen molar-refractivity contribution in [2.45, 2.75) is 78.4 Å². The van der Waals surface area contributed by atoms with Crippen LogP contribution in [0.2, 0.25) is 0 Å². The molecule has 2 N–H and O–H groups in total. The van der Waals surface area contributed by atoms with Gasteiger partial charge in [-0.1, -0.05) is 0 Å². The maximum absolute atomic E-state index is 11.7. The molecule has 2 fully saturated rings. The van der Waals surface area contributed by atoms with Gasteiger partial charge < -0.3 is 29.5 Å². The summed E-state index contributed by atoms with van der Waals surface area (Å²) < 4.78 is 10.5. The summed E-state index contributed by atoms with van der Waals surface area (Å²) in [6.45, 7) is 14.5. The van der Waals surface area contributed by atoms with Gasteiger partial charge >= 0.3 is 12.2 Å². The molecule has 0 aromatic heterocycles. The molecule has 2 aliphatic heterocycles. The Bertz CT molecular complexity index is 493. The van der Waals surface area contributed by atoms with E-state index < -0.39 is 11.2 Å². The number of carbonyl (C=O) groups excluding carboxylic acids is 2. The Balaban J connectivity index is 0.000000300. The summed E-state index contributed by atoms with van der Waals surface area (Å²) in [4.78, 5) is 26.8. The van der Waals surface area contributed by atoms with Crippen LogP contribution in [0, 0.1) is 11.8 Å². The zero-order chi connectivity index (χ0) is 22.9. The van der Waals surface area contributed by atoms with Crippen LogP contribution in [0.25, 0.3) is 0 Å². The number of rotatable bonds is 4. The Morgan fingerprint density at radius 1 is 0.767 bits per heavy atom. The largest absolute Gasteiger partial charge is 0.444 e. The van der Waals surface area contributed by atoms with E-state index in [1.807, 2.05) is 41.5 Å². The highest BCUT2D eigenvalue weighted by Gasteiger charge is 2.30. The SMILES string of the molecule is CC(C)(C)OC(=O)N1CCC(CCO)C1.CC(C)(C)OC(=O)N1CC[C@H](CCO)C1. The van der Waals surface area contributed by atoms with E-state index in [1.54, 1.807) is 9.80 Å². The fraction of sp³-hybridized carbons (Fsp3) is 0.909. The van der Waals surface area contributed by atoms with Gasteiger partial charge in [-0.3, -0.25) is 0 Å². The molecule has 2 heterocycles. The van der Waals surface area contributed by atoms with Gasteiger partial charge in [0, 0.05) is 39.4 Å². The zero-order valence-electron chi connectivity index (χ0n) is 19.6. The average Bonchev–Trinajstić information content (AvgIpc) is 3.23. The lowest BCUT2D eigenvalue weighted by atomic mass is 10.1. The van der Waals surface area contributed by atoms with Gasteiger partial charge in [-0.15, -0.1) is 0 Å². The lowest BCUT2D eigenvalue weighted by molar-refractivity contribution is 0.0276. The number of amides is 2. The minimum absolute atomic E-state index is 0.201. The van der Waals surface area contributed by atoms with Crippen molar-refractivity contribution in [3.05, 3.63) is 0 Å². The second-order valence-electron chi connectivity index (χ2n) is 10.2. The molecule has 0 radical (unpaired) electrons. The molecular formula is C22H42N2O6. The first-order chi connectivity index (χ1) is 13.8. The lowest BCUT2D eigenvalue weighted by Crippen LogP contribution is -2.35. The Hall–Kier alpha value is -1.54. The molecule has 0 bridgehead atoms. The first kappa shape index (κ1) is 26.5. The summed E-state index contributed by atoms with van der Waals surface area (Å²) in [6, 6.07) is 0. The minimum Gasteiger partial charge on any atom is -0.444 e. The Morgan fingerprint density at radius 2 is 1.10 bits per heavy atom. The van der Waals surface area contributed by atoms with E-state index in [2.05, 4.69) is 0 Å². The van der Waals surface area contributed by atoms with Crippen molar-refractivity contribution in [2.75, 3.05) is 39.4 Å². The van der Waals surface area contributed by atoms with Crippen molar-refractivity contribution in [2.24, 2.45) is 11.8 Å². The number of carbonyl (C=O) groups is 2. The van der Waals surface area contributed by atoms with Gasteiger partial charge in [0.2, 0.25) is 0 Å². The second-order valence-corrected chi connectivity index (χ2v) is 10.2. The molecular weight excluding hydrogens is 388 g/mol. The Kier molecular flexibility index (Phi) is 10.4. The summed E-state index contributed by atoms with van der Waals surface area (Å²) in [6.07, 6.45) is 3.03. The molecule has 2 atom stereocenters. The van der Waals surface area contributed by atoms with Gasteiger partial charge in [-0.25, -0.2) is 9.59 Å². The van der Waals surface area contributed by atoms with Gasteiger partial charge in [0.05, 0.1) is 0 Å². The Morgan fingerprint density at radius 3 is 1.37 bits per heavy atom. The summed E-state index contributed by atoms with van der Waals surface area (Å²) in [5.74, 6) is 0.866. The van der Waals surface area contributed by atoms with E-state index in [9.17, 15) is 9.59 Å². The quantitative estimate of drug-likeness (QED) is 0.710. The highest BCUT2D eigenvalue weighted by atomic mass is 16.6. The van der Waals surface area contributed by atoms with E-state index in [0.29, 0.717) is 11.8 Å². The summed E-state index contributed by atoms with van der Waals surface area (Å²) in [5.41, 5.74) is -0.849. The predicted molar refractivity (Wildman–Crippen MR) is 115 cm³/mol. The van der Waals surface area contributed by atoms with E-state index in [0.717, 1.165) is 51.9 Å². The molecule has 2 rings (SSSR count). The maximum Gasteiger partial charge on any atom is 0.410 e. The monoisotopic (exact) mass is 430 g/mol. The molecule has 2 amide bonds. The average molecular weight is 431 g/mol. The third-order valence-corrected chi connectivity index (χ3v) is 4.95. The second kappa shape index (κ2) is 11.7. The molecule has 176 valence electrons. The zero-order valence-corrected chi connectivity index (χ0v) is 19.6. The molecule has 1 unspecified atom stereocenters. The first-order valence-corrected chi connectivity index (χ1v) is 11.0. The van der Waals surface area contributed by atoms with Gasteiger partial charge in [0.15, 0.2) is 0 Å². The van der Waals surface area contributed by atoms with Crippen LogP contribution in [0.3, 0.4) is 0 Å². The minimum atomic E-state index is -0.424. The fourth-order valence-corrected chi connectivity index (χ4v) is 3.49. The van der Waals surface area contributed by atoms with Gasteiger partial charge in [0.25, 0.3) is 0 Å². The van der Waals surface area contributed by atoms with Crippen molar-refractivity contribution >= 4 is 12.2 Å². The smallest absolute Gasteiger partial charge is 0.410 e. The molecule has 0 aliphatic carbocycles. The van der Waals surface area contributed by atoms with Crippen LogP contribution in [-0.4, -0.2) is 82.8 Å². The standard InChI is InChI=1S/2C11H21NO3/c2*1-11(2,3)15-10(14)12-6-4-9(8-12)5-7-13/h2*9,13H,4-8H2,1-3H3/t9-;/m1./s1. The van der Waals surface area contributed by atoms with Crippen LogP contribution in [0.5, 0.6) is 0 Å². The number of hydrogen-bond acceptors (Lipinski definition) is 6. The lowest BCUT2D eigenvalue weighted by Gasteiger charge is -2.24. The van der Waals surface area contributed by atoms with E-state index in [-0.39, 0.29) is 25.4 Å². The van der Waals surface area contributed by atoms with Crippen molar-refractivity contribution in [1.82, 2.24) is 9.80 Å². The predicted octanol–water partition coefficient (Wildman–Crippen LogP) is 3.25. The van der Waals surface area contributed by atoms with Gasteiger partial charge in [-0.2, -0.15) is 0 Å². The number of nitrogens with zero attached hydrogens (tertiary/aromatic N) is 2. The third-order valence-electron chi connectivity index (χ3n) is 4.95. The van der Waals surface area contributed by atoms with Crippen LogP contribution in [0.4, 0.5) is 9.59 Å². The molecule has 8 nitrogen and oxygen atoms in total. The van der Waals surface area contributed by atoms with Gasteiger partial charge in [-0.05, 0) is 79.1 Å². The Labute approximate surface area is 181 Å². The molecule has 0 spiro atoms. The number of aliphatic hydroxyl groups excluding tert-OH is 2. The van der Waals surface area contributed by atoms with E-state index >= 15 is 0 Å². The topological polar surface area (TPSA) is 99.5 Å². The van der Waals surface area contributed by atoms with Crippen molar-refractivity contribution in [3.8, 4) is 0 Å². The van der Waals surface area contributed by atoms with Crippen LogP contribution < -0.4 is 0 Å². The summed E-state index contributed by atoms with van der Waals surface area (Å²) >= 11 is 0. The number of hydrogen-bond donors (Lipinski definition) is 2. The number of aliphatic hydroxyl groups is 2. The summed E-state index contributed by atoms with van der Waals surface area (Å²) in [5, 5.41) is 17.6. The van der Waals surface area contributed by atoms with Crippen LogP contribution >= 0.6 is 0 Å². The van der Waals surface area contributed by atoms with Crippen LogP contribution in [0.15, 0.2) is 0 Å². The first-order valence-electron chi connectivity index (χ1n) is 11.0. The molecule has 2 aliphatic rings. The normalized spacial score (nSPS) is 21.9. The van der Waals surface area contributed by atoms with E-state index in [4.69, 9.17) is 19.7 Å². The van der Waals surface area contributed by atoms with Gasteiger partial charge in [0.1, 0.15) is 11.2 Å². The molecule has 0 aromatic rings. The molecule has 30 heavy (non-hydrogen) atoms. The summed E-state index contributed by atoms with van der Waals surface area (Å²) in [7, 11) is 0. The van der Waals surface area contributed by atoms with E-state index in [1.165, 1.54) is 0 Å². The maximum atomic E-state index is 11.7. The van der Waals surface area contributed by atoms with Crippen LogP contribution in [-0.2, 0) is 9.47 Å². The van der Waals surface area contributed by atoms with Crippen molar-refractivity contribution < 1.29 is 29.3 Å². The molecule has 0 aromatic carbocycles. The highest BCUT2D eigenvalue weighted by Crippen LogP contribution is 2.22. The number of likely N-dealkylation sites (tertiary alicyclic amines) is 2.